The van der Waals surface area contributed by atoms with Crippen LogP contribution in [0.3, 0.4) is 0 Å². The van der Waals surface area contributed by atoms with E-state index in [2.05, 4.69) is 20.9 Å². The summed E-state index contributed by atoms with van der Waals surface area (Å²) in [5.41, 5.74) is 6.45. The molecule has 0 spiro atoms. The van der Waals surface area contributed by atoms with E-state index in [-0.39, 0.29) is 5.82 Å². The number of halogens is 2. The maximum Gasteiger partial charge on any atom is 0.181 e. The van der Waals surface area contributed by atoms with Crippen molar-refractivity contribution in [2.24, 2.45) is 0 Å². The molecular weight excluding hydrogens is 311 g/mol. The highest BCUT2D eigenvalue weighted by Crippen LogP contribution is 2.31. The van der Waals surface area contributed by atoms with E-state index in [0.29, 0.717) is 10.9 Å². The second kappa shape index (κ2) is 5.16. The highest BCUT2D eigenvalue weighted by Gasteiger charge is 2.04. The minimum atomic E-state index is -0.220. The van der Waals surface area contributed by atoms with Crippen molar-refractivity contribution in [3.8, 4) is 0 Å². The van der Waals surface area contributed by atoms with Crippen LogP contribution in [0, 0.1) is 5.82 Å². The predicted molar refractivity (Wildman–Crippen MR) is 70.2 cm³/mol. The molecule has 0 aliphatic rings. The normalized spacial score (nSPS) is 10.6. The van der Waals surface area contributed by atoms with Crippen LogP contribution in [0.4, 0.5) is 9.52 Å². The van der Waals surface area contributed by atoms with Crippen molar-refractivity contribution in [3.63, 3.8) is 0 Å². The van der Waals surface area contributed by atoms with Crippen LogP contribution in [-0.4, -0.2) is 4.98 Å². The minimum absolute atomic E-state index is 0.220. The Balaban J connectivity index is 2.07. The number of hydrogen-bond donors (Lipinski definition) is 1. The van der Waals surface area contributed by atoms with Crippen LogP contribution >= 0.6 is 39.0 Å². The van der Waals surface area contributed by atoms with Crippen molar-refractivity contribution < 1.29 is 4.39 Å². The number of thioether (sulfide) groups is 1. The Morgan fingerprint density at radius 3 is 3.00 bits per heavy atom. The van der Waals surface area contributed by atoms with E-state index in [1.165, 1.54) is 23.5 Å². The summed E-state index contributed by atoms with van der Waals surface area (Å²) in [6, 6.07) is 4.68. The smallest absolute Gasteiger partial charge is 0.181 e. The van der Waals surface area contributed by atoms with Gasteiger partial charge in [0.2, 0.25) is 0 Å². The highest BCUT2D eigenvalue weighted by molar-refractivity contribution is 9.10. The maximum atomic E-state index is 13.0. The van der Waals surface area contributed by atoms with Gasteiger partial charge >= 0.3 is 0 Å². The standard InChI is InChI=1S/C10H8BrFN2S2/c11-8-2-1-7(12)3-6(8)5-15-9-4-14-10(13)16-9/h1-4H,5H2,(H2,13,14). The second-order valence-electron chi connectivity index (χ2n) is 3.04. The largest absolute Gasteiger partial charge is 0.375 e. The van der Waals surface area contributed by atoms with Crippen molar-refractivity contribution in [1.82, 2.24) is 4.98 Å². The van der Waals surface area contributed by atoms with Crippen molar-refractivity contribution in [2.45, 2.75) is 9.96 Å². The van der Waals surface area contributed by atoms with Gasteiger partial charge in [-0.15, -0.1) is 11.8 Å². The van der Waals surface area contributed by atoms with E-state index in [1.807, 2.05) is 0 Å². The Morgan fingerprint density at radius 2 is 2.31 bits per heavy atom. The molecular formula is C10H8BrFN2S2. The van der Waals surface area contributed by atoms with Crippen LogP contribution in [0.2, 0.25) is 0 Å². The molecule has 0 aliphatic heterocycles. The van der Waals surface area contributed by atoms with Crippen LogP contribution < -0.4 is 5.73 Å². The first-order valence-corrected chi connectivity index (χ1v) is 7.02. The number of benzene rings is 1. The van der Waals surface area contributed by atoms with Crippen molar-refractivity contribution >= 4 is 44.2 Å². The summed E-state index contributed by atoms with van der Waals surface area (Å²) < 4.78 is 15.0. The molecule has 0 atom stereocenters. The lowest BCUT2D eigenvalue weighted by atomic mass is 10.2. The summed E-state index contributed by atoms with van der Waals surface area (Å²) in [7, 11) is 0. The third kappa shape index (κ3) is 2.96. The van der Waals surface area contributed by atoms with Gasteiger partial charge in [0.25, 0.3) is 0 Å². The van der Waals surface area contributed by atoms with Crippen LogP contribution in [0.5, 0.6) is 0 Å². The average Bonchev–Trinajstić information content (AvgIpc) is 2.66. The summed E-state index contributed by atoms with van der Waals surface area (Å²) in [6.45, 7) is 0. The lowest BCUT2D eigenvalue weighted by Crippen LogP contribution is -1.84. The third-order valence-electron chi connectivity index (χ3n) is 1.88. The van der Waals surface area contributed by atoms with E-state index in [9.17, 15) is 4.39 Å². The minimum Gasteiger partial charge on any atom is -0.375 e. The van der Waals surface area contributed by atoms with Gasteiger partial charge in [0.1, 0.15) is 5.82 Å². The van der Waals surface area contributed by atoms with Crippen molar-refractivity contribution in [1.29, 1.82) is 0 Å². The molecule has 0 bridgehead atoms. The van der Waals surface area contributed by atoms with E-state index >= 15 is 0 Å². The summed E-state index contributed by atoms with van der Waals surface area (Å²) in [6.07, 6.45) is 1.73. The molecule has 0 fully saturated rings. The molecule has 1 aromatic carbocycles. The summed E-state index contributed by atoms with van der Waals surface area (Å²) >= 11 is 6.43. The summed E-state index contributed by atoms with van der Waals surface area (Å²) in [5.74, 6) is 0.475. The fourth-order valence-corrected chi connectivity index (χ4v) is 3.46. The zero-order valence-electron chi connectivity index (χ0n) is 8.11. The van der Waals surface area contributed by atoms with E-state index in [0.717, 1.165) is 14.2 Å². The van der Waals surface area contributed by atoms with E-state index < -0.39 is 0 Å². The molecule has 16 heavy (non-hydrogen) atoms. The molecule has 2 nitrogen and oxygen atoms in total. The number of nitrogens with two attached hydrogens (primary N) is 1. The third-order valence-corrected chi connectivity index (χ3v) is 4.72. The molecule has 0 radical (unpaired) electrons. The monoisotopic (exact) mass is 318 g/mol. The molecule has 0 unspecified atom stereocenters. The fourth-order valence-electron chi connectivity index (χ4n) is 1.14. The molecule has 2 aromatic rings. The van der Waals surface area contributed by atoms with E-state index in [4.69, 9.17) is 5.73 Å². The van der Waals surface area contributed by atoms with E-state index in [1.54, 1.807) is 24.0 Å². The Hall–Kier alpha value is -0.590. The van der Waals surface area contributed by atoms with Crippen LogP contribution in [0.25, 0.3) is 0 Å². The van der Waals surface area contributed by atoms with Gasteiger partial charge in [-0.1, -0.05) is 27.3 Å². The number of nitrogens with zero attached hydrogens (tertiary/aromatic N) is 1. The molecule has 0 saturated heterocycles. The lowest BCUT2D eigenvalue weighted by Gasteiger charge is -2.02. The molecule has 1 heterocycles. The van der Waals surface area contributed by atoms with Crippen LogP contribution in [0.15, 0.2) is 33.1 Å². The number of hydrogen-bond acceptors (Lipinski definition) is 4. The molecule has 84 valence electrons. The SMILES string of the molecule is Nc1ncc(SCc2cc(F)ccc2Br)s1. The molecule has 2 N–H and O–H groups in total. The lowest BCUT2D eigenvalue weighted by molar-refractivity contribution is 0.626. The van der Waals surface area contributed by atoms with Crippen molar-refractivity contribution in [2.75, 3.05) is 5.73 Å². The van der Waals surface area contributed by atoms with Gasteiger partial charge in [0.05, 0.1) is 10.4 Å². The second-order valence-corrected chi connectivity index (χ2v) is 6.23. The quantitative estimate of drug-likeness (QED) is 0.872. The number of rotatable bonds is 3. The first-order chi connectivity index (χ1) is 7.65. The summed E-state index contributed by atoms with van der Waals surface area (Å²) in [4.78, 5) is 3.96. The molecule has 2 rings (SSSR count). The Labute approximate surface area is 109 Å². The predicted octanol–water partition coefficient (Wildman–Crippen LogP) is 3.92. The molecule has 0 saturated carbocycles. The Morgan fingerprint density at radius 1 is 1.50 bits per heavy atom. The maximum absolute atomic E-state index is 13.0. The molecule has 0 amide bonds. The molecule has 1 aromatic heterocycles. The molecule has 6 heteroatoms. The van der Waals surface area contributed by atoms with Gasteiger partial charge in [-0.3, -0.25) is 0 Å². The van der Waals surface area contributed by atoms with Crippen molar-refractivity contribution in [3.05, 3.63) is 40.2 Å². The average molecular weight is 319 g/mol. The first-order valence-electron chi connectivity index (χ1n) is 4.43. The number of aromatic nitrogens is 1. The zero-order valence-corrected chi connectivity index (χ0v) is 11.3. The fraction of sp³-hybridized carbons (Fsp3) is 0.100. The molecule has 0 aliphatic carbocycles. The van der Waals surface area contributed by atoms with Gasteiger partial charge in [-0.25, -0.2) is 9.37 Å². The number of anilines is 1. The first kappa shape index (κ1) is 11.9. The Kier molecular flexibility index (Phi) is 3.83. The van der Waals surface area contributed by atoms with Gasteiger partial charge in [0, 0.05) is 10.2 Å². The van der Waals surface area contributed by atoms with Gasteiger partial charge in [-0.2, -0.15) is 0 Å². The topological polar surface area (TPSA) is 38.9 Å². The van der Waals surface area contributed by atoms with Gasteiger partial charge in [0.15, 0.2) is 5.13 Å². The van der Waals surface area contributed by atoms with Crippen LogP contribution in [0.1, 0.15) is 5.56 Å². The zero-order chi connectivity index (χ0) is 11.5. The van der Waals surface area contributed by atoms with Crippen LogP contribution in [-0.2, 0) is 5.75 Å². The van der Waals surface area contributed by atoms with Gasteiger partial charge in [-0.05, 0) is 23.8 Å². The number of thiazole rings is 1. The summed E-state index contributed by atoms with van der Waals surface area (Å²) in [5, 5.41) is 0.556. The Bertz CT molecular complexity index is 501. The van der Waals surface area contributed by atoms with Gasteiger partial charge < -0.3 is 5.73 Å². The highest BCUT2D eigenvalue weighted by atomic mass is 79.9. The number of nitrogen functional groups attached to an aromatic ring is 1.